The van der Waals surface area contributed by atoms with Crippen molar-refractivity contribution in [2.24, 2.45) is 11.5 Å². The van der Waals surface area contributed by atoms with Crippen molar-refractivity contribution < 1.29 is 9.59 Å². The lowest BCUT2D eigenvalue weighted by atomic mass is 10.3. The average molecular weight is 251 g/mol. The molecule has 0 spiro atoms. The predicted octanol–water partition coefficient (Wildman–Crippen LogP) is -0.338. The van der Waals surface area contributed by atoms with E-state index in [0.29, 0.717) is 4.88 Å². The zero-order valence-corrected chi connectivity index (χ0v) is 10.1. The van der Waals surface area contributed by atoms with E-state index in [1.54, 1.807) is 12.1 Å². The van der Waals surface area contributed by atoms with Crippen molar-refractivity contribution in [3.05, 3.63) is 21.9 Å². The Morgan fingerprint density at radius 2 is 2.24 bits per heavy atom. The van der Waals surface area contributed by atoms with Crippen LogP contribution < -0.4 is 16.8 Å². The molecule has 0 fully saturated rings. The van der Waals surface area contributed by atoms with Gasteiger partial charge in [-0.3, -0.25) is 9.59 Å². The molecule has 0 aliphatic rings. The SMILES string of the molecule is CC(NC(=O)c1ccc(C#CCN)s1)C(N)=O. The number of hydrogen-bond acceptors (Lipinski definition) is 4. The first-order valence-electron chi connectivity index (χ1n) is 4.93. The number of rotatable bonds is 3. The van der Waals surface area contributed by atoms with Gasteiger partial charge < -0.3 is 16.8 Å². The number of nitrogens with one attached hydrogen (secondary N) is 1. The van der Waals surface area contributed by atoms with E-state index in [2.05, 4.69) is 17.2 Å². The Kier molecular flexibility index (Phi) is 4.69. The van der Waals surface area contributed by atoms with Gasteiger partial charge in [0.25, 0.3) is 5.91 Å². The Morgan fingerprint density at radius 3 is 2.82 bits per heavy atom. The summed E-state index contributed by atoms with van der Waals surface area (Å²) in [6, 6.07) is 2.69. The highest BCUT2D eigenvalue weighted by atomic mass is 32.1. The van der Waals surface area contributed by atoms with Gasteiger partial charge in [-0.15, -0.1) is 11.3 Å². The van der Waals surface area contributed by atoms with E-state index in [1.165, 1.54) is 18.3 Å². The third-order valence-corrected chi connectivity index (χ3v) is 2.92. The van der Waals surface area contributed by atoms with Crippen LogP contribution in [0.5, 0.6) is 0 Å². The summed E-state index contributed by atoms with van der Waals surface area (Å²) in [6.07, 6.45) is 0. The fraction of sp³-hybridized carbons (Fsp3) is 0.273. The van der Waals surface area contributed by atoms with Crippen LogP contribution in [-0.2, 0) is 4.79 Å². The van der Waals surface area contributed by atoms with E-state index >= 15 is 0 Å². The first-order chi connectivity index (χ1) is 8.04. The molecule has 1 atom stereocenters. The summed E-state index contributed by atoms with van der Waals surface area (Å²) in [5.74, 6) is 4.62. The van der Waals surface area contributed by atoms with Gasteiger partial charge in [-0.1, -0.05) is 11.8 Å². The highest BCUT2D eigenvalue weighted by molar-refractivity contribution is 7.14. The maximum absolute atomic E-state index is 11.7. The monoisotopic (exact) mass is 251 g/mol. The van der Waals surface area contributed by atoms with Crippen molar-refractivity contribution in [1.82, 2.24) is 5.32 Å². The Morgan fingerprint density at radius 1 is 1.53 bits per heavy atom. The Hall–Kier alpha value is -1.84. The van der Waals surface area contributed by atoms with Gasteiger partial charge in [0, 0.05) is 0 Å². The Labute approximate surface area is 103 Å². The van der Waals surface area contributed by atoms with Crippen molar-refractivity contribution >= 4 is 23.2 Å². The van der Waals surface area contributed by atoms with Crippen molar-refractivity contribution in [3.8, 4) is 11.8 Å². The summed E-state index contributed by atoms with van der Waals surface area (Å²) in [5.41, 5.74) is 10.3. The summed E-state index contributed by atoms with van der Waals surface area (Å²) in [5, 5.41) is 2.49. The van der Waals surface area contributed by atoms with E-state index < -0.39 is 11.9 Å². The topological polar surface area (TPSA) is 98.2 Å². The van der Waals surface area contributed by atoms with Gasteiger partial charge in [0.1, 0.15) is 6.04 Å². The number of nitrogens with two attached hydrogens (primary N) is 2. The van der Waals surface area contributed by atoms with Gasteiger partial charge in [-0.2, -0.15) is 0 Å². The van der Waals surface area contributed by atoms with Gasteiger partial charge in [-0.05, 0) is 19.1 Å². The highest BCUT2D eigenvalue weighted by Crippen LogP contribution is 2.15. The normalized spacial score (nSPS) is 11.2. The fourth-order valence-corrected chi connectivity index (χ4v) is 1.79. The number of carbonyl (C=O) groups excluding carboxylic acids is 2. The van der Waals surface area contributed by atoms with Crippen LogP contribution >= 0.6 is 11.3 Å². The lowest BCUT2D eigenvalue weighted by Gasteiger charge is -2.08. The smallest absolute Gasteiger partial charge is 0.262 e. The molecule has 1 heterocycles. The van der Waals surface area contributed by atoms with Crippen LogP contribution in [0.1, 0.15) is 21.5 Å². The largest absolute Gasteiger partial charge is 0.368 e. The summed E-state index contributed by atoms with van der Waals surface area (Å²) < 4.78 is 0. The molecule has 0 saturated heterocycles. The molecule has 1 aromatic rings. The maximum Gasteiger partial charge on any atom is 0.262 e. The molecule has 1 rings (SSSR count). The predicted molar refractivity (Wildman–Crippen MR) is 66.4 cm³/mol. The van der Waals surface area contributed by atoms with E-state index in [1.807, 2.05) is 0 Å². The second kappa shape index (κ2) is 6.03. The van der Waals surface area contributed by atoms with E-state index in [0.717, 1.165) is 4.88 Å². The van der Waals surface area contributed by atoms with Crippen molar-refractivity contribution in [3.63, 3.8) is 0 Å². The molecule has 0 saturated carbocycles. The van der Waals surface area contributed by atoms with Crippen LogP contribution in [0.4, 0.5) is 0 Å². The molecular weight excluding hydrogens is 238 g/mol. The first-order valence-corrected chi connectivity index (χ1v) is 5.75. The molecular formula is C11H13N3O2S. The molecule has 6 heteroatoms. The minimum atomic E-state index is -0.692. The second-order valence-corrected chi connectivity index (χ2v) is 4.35. The Bertz CT molecular complexity index is 484. The van der Waals surface area contributed by atoms with Gasteiger partial charge in [-0.25, -0.2) is 0 Å². The van der Waals surface area contributed by atoms with Gasteiger partial charge in [0.2, 0.25) is 5.91 Å². The van der Waals surface area contributed by atoms with Crippen molar-refractivity contribution in [2.75, 3.05) is 6.54 Å². The van der Waals surface area contributed by atoms with Crippen molar-refractivity contribution in [1.29, 1.82) is 0 Å². The molecule has 5 nitrogen and oxygen atoms in total. The third kappa shape index (κ3) is 3.90. The number of primary amides is 1. The molecule has 0 aliphatic carbocycles. The lowest BCUT2D eigenvalue weighted by Crippen LogP contribution is -2.41. The van der Waals surface area contributed by atoms with Crippen LogP contribution in [0.2, 0.25) is 0 Å². The third-order valence-electron chi connectivity index (χ3n) is 1.92. The van der Waals surface area contributed by atoms with Crippen molar-refractivity contribution in [2.45, 2.75) is 13.0 Å². The maximum atomic E-state index is 11.7. The summed E-state index contributed by atoms with van der Waals surface area (Å²) in [6.45, 7) is 1.81. The minimum Gasteiger partial charge on any atom is -0.368 e. The van der Waals surface area contributed by atoms with Crippen LogP contribution in [0.25, 0.3) is 0 Å². The van der Waals surface area contributed by atoms with Gasteiger partial charge >= 0.3 is 0 Å². The van der Waals surface area contributed by atoms with E-state index in [-0.39, 0.29) is 12.5 Å². The summed E-state index contributed by atoms with van der Waals surface area (Å²) in [4.78, 5) is 23.7. The molecule has 1 aromatic heterocycles. The number of hydrogen-bond donors (Lipinski definition) is 3. The van der Waals surface area contributed by atoms with E-state index in [9.17, 15) is 9.59 Å². The molecule has 17 heavy (non-hydrogen) atoms. The molecule has 5 N–H and O–H groups in total. The summed E-state index contributed by atoms with van der Waals surface area (Å²) >= 11 is 1.24. The van der Waals surface area contributed by atoms with Crippen LogP contribution in [0, 0.1) is 11.8 Å². The molecule has 0 bridgehead atoms. The van der Waals surface area contributed by atoms with Crippen LogP contribution in [-0.4, -0.2) is 24.4 Å². The van der Waals surface area contributed by atoms with Crippen LogP contribution in [0.15, 0.2) is 12.1 Å². The average Bonchev–Trinajstić information content (AvgIpc) is 2.74. The number of thiophene rings is 1. The zero-order valence-electron chi connectivity index (χ0n) is 9.32. The minimum absolute atomic E-state index is 0.276. The van der Waals surface area contributed by atoms with Crippen LogP contribution in [0.3, 0.4) is 0 Å². The van der Waals surface area contributed by atoms with E-state index in [4.69, 9.17) is 11.5 Å². The molecule has 0 aromatic carbocycles. The molecule has 90 valence electrons. The second-order valence-electron chi connectivity index (χ2n) is 3.27. The zero-order chi connectivity index (χ0) is 12.8. The number of amides is 2. The fourth-order valence-electron chi connectivity index (χ4n) is 1.00. The Balaban J connectivity index is 2.70. The molecule has 0 aliphatic heterocycles. The standard InChI is InChI=1S/C11H13N3O2S/c1-7(10(13)15)14-11(16)9-5-4-8(17-9)3-2-6-12/h4-5,7H,6,12H2,1H3,(H2,13,15)(H,14,16). The van der Waals surface area contributed by atoms with Gasteiger partial charge in [0.15, 0.2) is 0 Å². The van der Waals surface area contributed by atoms with Gasteiger partial charge in [0.05, 0.1) is 16.3 Å². The number of carbonyl (C=O) groups is 2. The quantitative estimate of drug-likeness (QED) is 0.641. The lowest BCUT2D eigenvalue weighted by molar-refractivity contribution is -0.119. The molecule has 2 amide bonds. The molecule has 0 radical (unpaired) electrons. The first kappa shape index (κ1) is 13.2. The molecule has 1 unspecified atom stereocenters. The summed E-state index contributed by atoms with van der Waals surface area (Å²) in [7, 11) is 0. The highest BCUT2D eigenvalue weighted by Gasteiger charge is 2.14.